The number of fused-ring (bicyclic) bond motifs is 2. The fourth-order valence-electron chi connectivity index (χ4n) is 4.54. The molecule has 1 amide bonds. The van der Waals surface area contributed by atoms with E-state index in [1.165, 1.54) is 0 Å². The second kappa shape index (κ2) is 6.03. The molecule has 2 N–H and O–H groups in total. The third-order valence-electron chi connectivity index (χ3n) is 6.25. The Morgan fingerprint density at radius 2 is 2.07 bits per heavy atom. The average molecular weight is 398 g/mol. The largest absolute Gasteiger partial charge is 0.352 e. The van der Waals surface area contributed by atoms with Crippen molar-refractivity contribution in [3.05, 3.63) is 48.0 Å². The van der Waals surface area contributed by atoms with E-state index in [1.54, 1.807) is 24.5 Å². The van der Waals surface area contributed by atoms with E-state index in [0.29, 0.717) is 29.9 Å². The van der Waals surface area contributed by atoms with Gasteiger partial charge in [0.15, 0.2) is 5.69 Å². The van der Waals surface area contributed by atoms with E-state index in [9.17, 15) is 4.79 Å². The minimum absolute atomic E-state index is 0.0578. The molecule has 0 radical (unpaired) electrons. The minimum atomic E-state index is -0.180. The van der Waals surface area contributed by atoms with Gasteiger partial charge in [-0.2, -0.15) is 10.4 Å². The zero-order chi connectivity index (χ0) is 20.3. The van der Waals surface area contributed by atoms with Crippen LogP contribution in [-0.4, -0.2) is 61.1 Å². The third kappa shape index (κ3) is 2.40. The van der Waals surface area contributed by atoms with E-state index >= 15 is 0 Å². The molecular weight excluding hydrogens is 380 g/mol. The van der Waals surface area contributed by atoms with Gasteiger partial charge in [-0.05, 0) is 37.1 Å². The first-order valence-electron chi connectivity index (χ1n) is 9.92. The fraction of sp³-hybridized carbons (Fsp3) is 0.286. The smallest absolute Gasteiger partial charge is 0.275 e. The summed E-state index contributed by atoms with van der Waals surface area (Å²) in [7, 11) is 0. The number of benzene rings is 1. The van der Waals surface area contributed by atoms with E-state index in [4.69, 9.17) is 5.26 Å². The summed E-state index contributed by atoms with van der Waals surface area (Å²) in [6.07, 6.45) is 5.39. The Morgan fingerprint density at radius 1 is 1.17 bits per heavy atom. The number of carbonyl (C=O) groups is 1. The number of nitrogens with one attached hydrogen (secondary N) is 2. The van der Waals surface area contributed by atoms with Crippen molar-refractivity contribution >= 4 is 33.7 Å². The van der Waals surface area contributed by atoms with Crippen molar-refractivity contribution in [1.82, 2.24) is 30.0 Å². The lowest BCUT2D eigenvalue weighted by Gasteiger charge is -2.42. The van der Waals surface area contributed by atoms with Crippen LogP contribution >= 0.6 is 0 Å². The molecule has 1 spiro atoms. The number of hydrogen-bond donors (Lipinski definition) is 2. The van der Waals surface area contributed by atoms with E-state index < -0.39 is 0 Å². The number of rotatable bonds is 2. The Hall–Kier alpha value is -3.93. The van der Waals surface area contributed by atoms with Crippen LogP contribution in [0.2, 0.25) is 0 Å². The maximum atomic E-state index is 13.4. The molecule has 6 rings (SSSR count). The molecule has 4 heterocycles. The summed E-state index contributed by atoms with van der Waals surface area (Å²) < 4.78 is 0. The summed E-state index contributed by atoms with van der Waals surface area (Å²) in [5.41, 5.74) is 2.31. The molecule has 2 aliphatic rings. The third-order valence-corrected chi connectivity index (χ3v) is 6.25. The molecule has 1 saturated carbocycles. The van der Waals surface area contributed by atoms with Gasteiger partial charge in [-0.1, -0.05) is 0 Å². The van der Waals surface area contributed by atoms with Crippen LogP contribution in [0.4, 0.5) is 5.82 Å². The first-order valence-corrected chi connectivity index (χ1v) is 9.92. The van der Waals surface area contributed by atoms with Crippen LogP contribution in [0.5, 0.6) is 0 Å². The van der Waals surface area contributed by atoms with Gasteiger partial charge in [0.1, 0.15) is 17.8 Å². The molecule has 0 bridgehead atoms. The van der Waals surface area contributed by atoms with Gasteiger partial charge >= 0.3 is 0 Å². The molecular formula is C21H18N8O. The van der Waals surface area contributed by atoms with Crippen LogP contribution in [0.1, 0.15) is 28.9 Å². The first kappa shape index (κ1) is 17.0. The standard InChI is InChI=1S/C21H18N8O/c22-10-13-1-2-14-16(9-13)26-27-17(14)20(30)29-8-7-28(11-21(29)4-5-21)19-15-3-6-23-18(15)24-12-25-19/h1-3,6,9,12H,4-5,7-8,11H2,(H,26,27)(H,23,24,25). The quantitative estimate of drug-likeness (QED) is 0.534. The Kier molecular flexibility index (Phi) is 3.41. The average Bonchev–Trinajstić information content (AvgIpc) is 3.18. The second-order valence-corrected chi connectivity index (χ2v) is 7.98. The summed E-state index contributed by atoms with van der Waals surface area (Å²) in [5, 5.41) is 18.0. The molecule has 1 aliphatic carbocycles. The monoisotopic (exact) mass is 398 g/mol. The fourth-order valence-corrected chi connectivity index (χ4v) is 4.54. The normalized spacial score (nSPS) is 17.6. The molecule has 9 nitrogen and oxygen atoms in total. The number of nitrogens with zero attached hydrogens (tertiary/aromatic N) is 6. The highest BCUT2D eigenvalue weighted by Gasteiger charge is 2.54. The van der Waals surface area contributed by atoms with Crippen molar-refractivity contribution in [2.24, 2.45) is 0 Å². The molecule has 30 heavy (non-hydrogen) atoms. The number of amides is 1. The van der Waals surface area contributed by atoms with Crippen LogP contribution in [0, 0.1) is 11.3 Å². The Bertz CT molecular complexity index is 1340. The van der Waals surface area contributed by atoms with Crippen LogP contribution in [0.15, 0.2) is 36.8 Å². The number of piperazine rings is 1. The molecule has 0 atom stereocenters. The van der Waals surface area contributed by atoms with Crippen molar-refractivity contribution < 1.29 is 4.79 Å². The zero-order valence-electron chi connectivity index (χ0n) is 16.1. The Morgan fingerprint density at radius 3 is 2.90 bits per heavy atom. The van der Waals surface area contributed by atoms with Crippen molar-refractivity contribution in [2.75, 3.05) is 24.5 Å². The number of hydrogen-bond acceptors (Lipinski definition) is 6. The highest BCUT2D eigenvalue weighted by Crippen LogP contribution is 2.46. The number of carbonyl (C=O) groups excluding carboxylic acids is 1. The Balaban J connectivity index is 1.31. The lowest BCUT2D eigenvalue weighted by Crippen LogP contribution is -2.57. The number of H-pyrrole nitrogens is 2. The van der Waals surface area contributed by atoms with Gasteiger partial charge in [-0.15, -0.1) is 0 Å². The molecule has 0 unspecified atom stereocenters. The SMILES string of the molecule is N#Cc1ccc2c(C(=O)N3CCN(c4ncnc5[nH]ccc45)CC34CC4)n[nH]c2c1. The van der Waals surface area contributed by atoms with E-state index in [0.717, 1.165) is 41.6 Å². The maximum Gasteiger partial charge on any atom is 0.275 e. The van der Waals surface area contributed by atoms with Gasteiger partial charge in [0, 0.05) is 31.2 Å². The van der Waals surface area contributed by atoms with Crippen molar-refractivity contribution in [3.63, 3.8) is 0 Å². The van der Waals surface area contributed by atoms with Crippen molar-refractivity contribution in [3.8, 4) is 6.07 Å². The molecule has 1 aromatic carbocycles. The van der Waals surface area contributed by atoms with Crippen molar-refractivity contribution in [1.29, 1.82) is 5.26 Å². The lowest BCUT2D eigenvalue weighted by molar-refractivity contribution is 0.0620. The molecule has 3 aromatic heterocycles. The van der Waals surface area contributed by atoms with Gasteiger partial charge in [0.25, 0.3) is 5.91 Å². The van der Waals surface area contributed by atoms with Gasteiger partial charge < -0.3 is 14.8 Å². The molecule has 4 aromatic rings. The molecule has 1 aliphatic heterocycles. The topological polar surface area (TPSA) is 118 Å². The number of nitriles is 1. The van der Waals surface area contributed by atoms with Crippen LogP contribution in [0.25, 0.3) is 21.9 Å². The molecule has 9 heteroatoms. The summed E-state index contributed by atoms with van der Waals surface area (Å²) in [6.45, 7) is 2.06. The van der Waals surface area contributed by atoms with Gasteiger partial charge in [-0.25, -0.2) is 9.97 Å². The minimum Gasteiger partial charge on any atom is -0.352 e. The highest BCUT2D eigenvalue weighted by molar-refractivity contribution is 6.05. The predicted molar refractivity (Wildman–Crippen MR) is 110 cm³/mol. The second-order valence-electron chi connectivity index (χ2n) is 7.98. The van der Waals surface area contributed by atoms with E-state index in [-0.39, 0.29) is 11.4 Å². The van der Waals surface area contributed by atoms with E-state index in [2.05, 4.69) is 36.1 Å². The predicted octanol–water partition coefficient (Wildman–Crippen LogP) is 2.20. The van der Waals surface area contributed by atoms with Gasteiger partial charge in [0.2, 0.25) is 0 Å². The Labute approximate surface area is 171 Å². The number of aromatic nitrogens is 5. The number of anilines is 1. The van der Waals surface area contributed by atoms with E-state index in [1.807, 2.05) is 17.2 Å². The van der Waals surface area contributed by atoms with Gasteiger partial charge in [-0.3, -0.25) is 9.89 Å². The van der Waals surface area contributed by atoms with Crippen LogP contribution in [-0.2, 0) is 0 Å². The summed E-state index contributed by atoms with van der Waals surface area (Å²) in [5.74, 6) is 0.853. The summed E-state index contributed by atoms with van der Waals surface area (Å²) in [4.78, 5) is 29.6. The molecule has 2 fully saturated rings. The first-order chi connectivity index (χ1) is 14.7. The molecule has 148 valence electrons. The summed E-state index contributed by atoms with van der Waals surface area (Å²) in [6, 6.07) is 9.35. The lowest BCUT2D eigenvalue weighted by atomic mass is 10.1. The van der Waals surface area contributed by atoms with Crippen molar-refractivity contribution in [2.45, 2.75) is 18.4 Å². The van der Waals surface area contributed by atoms with Gasteiger partial charge in [0.05, 0.1) is 28.1 Å². The summed E-state index contributed by atoms with van der Waals surface area (Å²) >= 11 is 0. The number of aromatic amines is 2. The molecule has 1 saturated heterocycles. The highest BCUT2D eigenvalue weighted by atomic mass is 16.2. The zero-order valence-corrected chi connectivity index (χ0v) is 16.1. The van der Waals surface area contributed by atoms with Crippen LogP contribution in [0.3, 0.4) is 0 Å². The van der Waals surface area contributed by atoms with Crippen LogP contribution < -0.4 is 4.90 Å². The maximum absolute atomic E-state index is 13.4.